The number of nitrogens with zero attached hydrogens (tertiary/aromatic N) is 2. The molecule has 0 saturated carbocycles. The Morgan fingerprint density at radius 1 is 1.38 bits per heavy atom. The number of benzene rings is 1. The van der Waals surface area contributed by atoms with Crippen LogP contribution in [0.25, 0.3) is 17.2 Å². The first-order valence-electron chi connectivity index (χ1n) is 7.74. The van der Waals surface area contributed by atoms with Crippen LogP contribution in [0.3, 0.4) is 0 Å². The lowest BCUT2D eigenvalue weighted by Crippen LogP contribution is -2.30. The van der Waals surface area contributed by atoms with Crippen molar-refractivity contribution in [3.05, 3.63) is 58.7 Å². The number of hydrogen-bond donors (Lipinski definition) is 1. The molecule has 1 aromatic heterocycles. The minimum absolute atomic E-state index is 0.0699. The molecule has 1 saturated heterocycles. The highest BCUT2D eigenvalue weighted by atomic mass is 19.1. The molecule has 0 atom stereocenters. The number of pyridine rings is 1. The second-order valence-corrected chi connectivity index (χ2v) is 5.75. The molecule has 2 aromatic rings. The van der Waals surface area contributed by atoms with E-state index in [0.29, 0.717) is 29.7 Å². The number of carbonyl (C=O) groups is 1. The van der Waals surface area contributed by atoms with Crippen molar-refractivity contribution >= 4 is 12.0 Å². The largest absolute Gasteiger partial charge is 0.352 e. The fourth-order valence-corrected chi connectivity index (χ4v) is 2.85. The van der Waals surface area contributed by atoms with E-state index in [1.165, 1.54) is 12.3 Å². The topological polar surface area (TPSA) is 65.8 Å². The summed E-state index contributed by atoms with van der Waals surface area (Å²) in [4.78, 5) is 15.5. The van der Waals surface area contributed by atoms with Crippen molar-refractivity contribution in [3.8, 4) is 17.2 Å². The number of piperidine rings is 1. The number of carbonyl (C=O) groups excluding carboxylic acids is 1. The molecule has 1 amide bonds. The van der Waals surface area contributed by atoms with Crippen LogP contribution in [0.4, 0.5) is 4.39 Å². The van der Waals surface area contributed by atoms with E-state index in [1.807, 2.05) is 13.0 Å². The molecule has 4 nitrogen and oxygen atoms in total. The fraction of sp³-hybridized carbons (Fsp3) is 0.211. The Bertz CT molecular complexity index is 881. The molecule has 5 heteroatoms. The van der Waals surface area contributed by atoms with Crippen LogP contribution < -0.4 is 5.32 Å². The van der Waals surface area contributed by atoms with E-state index in [-0.39, 0.29) is 5.91 Å². The van der Waals surface area contributed by atoms with Crippen LogP contribution in [0.2, 0.25) is 0 Å². The zero-order valence-electron chi connectivity index (χ0n) is 13.3. The van der Waals surface area contributed by atoms with Gasteiger partial charge in [-0.3, -0.25) is 4.79 Å². The first kappa shape index (κ1) is 15.9. The van der Waals surface area contributed by atoms with Crippen LogP contribution in [-0.4, -0.2) is 17.4 Å². The first-order chi connectivity index (χ1) is 11.6. The van der Waals surface area contributed by atoms with E-state index in [4.69, 9.17) is 0 Å². The van der Waals surface area contributed by atoms with Crippen molar-refractivity contribution in [2.45, 2.75) is 19.8 Å². The van der Waals surface area contributed by atoms with Crippen LogP contribution >= 0.6 is 0 Å². The van der Waals surface area contributed by atoms with Gasteiger partial charge in [-0.1, -0.05) is 0 Å². The van der Waals surface area contributed by atoms with E-state index in [9.17, 15) is 14.4 Å². The summed E-state index contributed by atoms with van der Waals surface area (Å²) in [6.45, 7) is 2.59. The summed E-state index contributed by atoms with van der Waals surface area (Å²) >= 11 is 0. The Morgan fingerprint density at radius 3 is 2.92 bits per heavy atom. The van der Waals surface area contributed by atoms with Crippen molar-refractivity contribution in [3.63, 3.8) is 0 Å². The number of hydrogen-bond acceptors (Lipinski definition) is 3. The molecule has 1 aromatic carbocycles. The average molecular weight is 321 g/mol. The van der Waals surface area contributed by atoms with Gasteiger partial charge in [-0.15, -0.1) is 0 Å². The van der Waals surface area contributed by atoms with Gasteiger partial charge in [-0.25, -0.2) is 4.98 Å². The maximum Gasteiger partial charge on any atom is 0.247 e. The fourth-order valence-electron chi connectivity index (χ4n) is 2.85. The van der Waals surface area contributed by atoms with Crippen molar-refractivity contribution in [1.29, 1.82) is 5.26 Å². The maximum absolute atomic E-state index is 13.5. The van der Waals surface area contributed by atoms with E-state index in [2.05, 4.69) is 16.4 Å². The lowest BCUT2D eigenvalue weighted by atomic mass is 9.92. The number of rotatable bonds is 2. The molecule has 0 radical (unpaired) electrons. The van der Waals surface area contributed by atoms with Gasteiger partial charge in [-0.05, 0) is 66.3 Å². The van der Waals surface area contributed by atoms with Crippen molar-refractivity contribution < 1.29 is 9.18 Å². The second kappa shape index (κ2) is 6.63. The standard InChI is InChI=1S/C19H16FN3O/c1-12-16(9-15-3-2-5-23-19(15)24)7-13(11-21)8-17(12)14-4-6-22-18(20)10-14/h4,6-10H,2-3,5H2,1H3,(H,23,24)/b15-9+. The van der Waals surface area contributed by atoms with Crippen LogP contribution in [-0.2, 0) is 4.79 Å². The zero-order valence-corrected chi connectivity index (χ0v) is 13.3. The van der Waals surface area contributed by atoms with Gasteiger partial charge in [0.05, 0.1) is 11.6 Å². The molecule has 1 fully saturated rings. The van der Waals surface area contributed by atoms with Gasteiger partial charge in [0.1, 0.15) is 0 Å². The molecular weight excluding hydrogens is 305 g/mol. The van der Waals surface area contributed by atoms with Crippen LogP contribution in [0.15, 0.2) is 36.0 Å². The van der Waals surface area contributed by atoms with E-state index in [0.717, 1.165) is 23.1 Å². The molecule has 0 unspecified atom stereocenters. The monoisotopic (exact) mass is 321 g/mol. The van der Waals surface area contributed by atoms with Crippen molar-refractivity contribution in [1.82, 2.24) is 10.3 Å². The van der Waals surface area contributed by atoms with Crippen LogP contribution in [0.1, 0.15) is 29.5 Å². The molecular formula is C19H16FN3O. The Hall–Kier alpha value is -3.00. The Kier molecular flexibility index (Phi) is 4.39. The quantitative estimate of drug-likeness (QED) is 0.681. The predicted octanol–water partition coefficient (Wildman–Crippen LogP) is 3.36. The van der Waals surface area contributed by atoms with Gasteiger partial charge in [0.25, 0.3) is 0 Å². The minimum atomic E-state index is -0.569. The Morgan fingerprint density at radius 2 is 2.21 bits per heavy atom. The third-order valence-electron chi connectivity index (χ3n) is 4.14. The van der Waals surface area contributed by atoms with Gasteiger partial charge in [0, 0.05) is 24.4 Å². The lowest BCUT2D eigenvalue weighted by molar-refractivity contribution is -0.118. The summed E-state index contributed by atoms with van der Waals surface area (Å²) in [5, 5.41) is 12.1. The summed E-state index contributed by atoms with van der Waals surface area (Å²) in [7, 11) is 0. The predicted molar refractivity (Wildman–Crippen MR) is 89.3 cm³/mol. The summed E-state index contributed by atoms with van der Waals surface area (Å²) in [6, 6.07) is 8.66. The van der Waals surface area contributed by atoms with E-state index >= 15 is 0 Å². The number of amides is 1. The third kappa shape index (κ3) is 3.18. The molecule has 0 aliphatic carbocycles. The number of nitrogens with one attached hydrogen (secondary N) is 1. The number of nitriles is 1. The minimum Gasteiger partial charge on any atom is -0.352 e. The molecule has 0 spiro atoms. The molecule has 0 bridgehead atoms. The lowest BCUT2D eigenvalue weighted by Gasteiger charge is -2.16. The highest BCUT2D eigenvalue weighted by Gasteiger charge is 2.16. The first-order valence-corrected chi connectivity index (χ1v) is 7.74. The normalized spacial score (nSPS) is 15.9. The average Bonchev–Trinajstić information content (AvgIpc) is 2.58. The number of aromatic nitrogens is 1. The zero-order chi connectivity index (χ0) is 17.1. The summed E-state index contributed by atoms with van der Waals surface area (Å²) in [5.41, 5.74) is 4.28. The van der Waals surface area contributed by atoms with Gasteiger partial charge < -0.3 is 5.32 Å². The summed E-state index contributed by atoms with van der Waals surface area (Å²) in [5.74, 6) is -0.639. The molecule has 3 rings (SSSR count). The maximum atomic E-state index is 13.5. The van der Waals surface area contributed by atoms with Gasteiger partial charge in [0.2, 0.25) is 11.9 Å². The third-order valence-corrected chi connectivity index (χ3v) is 4.14. The van der Waals surface area contributed by atoms with Gasteiger partial charge in [0.15, 0.2) is 0 Å². The molecule has 1 aliphatic rings. The highest BCUT2D eigenvalue weighted by Crippen LogP contribution is 2.29. The Balaban J connectivity index is 2.14. The van der Waals surface area contributed by atoms with Crippen LogP contribution in [0, 0.1) is 24.2 Å². The molecule has 1 aliphatic heterocycles. The highest BCUT2D eigenvalue weighted by molar-refractivity contribution is 5.99. The van der Waals surface area contributed by atoms with Crippen molar-refractivity contribution in [2.75, 3.05) is 6.54 Å². The van der Waals surface area contributed by atoms with E-state index < -0.39 is 5.95 Å². The molecule has 24 heavy (non-hydrogen) atoms. The number of halogens is 1. The second-order valence-electron chi connectivity index (χ2n) is 5.75. The summed E-state index contributed by atoms with van der Waals surface area (Å²) in [6.07, 6.45) is 4.83. The van der Waals surface area contributed by atoms with E-state index in [1.54, 1.807) is 18.2 Å². The van der Waals surface area contributed by atoms with Gasteiger partial charge >= 0.3 is 0 Å². The smallest absolute Gasteiger partial charge is 0.247 e. The summed E-state index contributed by atoms with van der Waals surface area (Å²) < 4.78 is 13.5. The van der Waals surface area contributed by atoms with Crippen LogP contribution in [0.5, 0.6) is 0 Å². The van der Waals surface area contributed by atoms with Crippen molar-refractivity contribution in [2.24, 2.45) is 0 Å². The molecule has 120 valence electrons. The van der Waals surface area contributed by atoms with Gasteiger partial charge in [-0.2, -0.15) is 9.65 Å². The Labute approximate surface area is 139 Å². The molecule has 2 heterocycles. The molecule has 1 N–H and O–H groups in total. The SMILES string of the molecule is Cc1c(/C=C2\CCCNC2=O)cc(C#N)cc1-c1ccnc(F)c1.